The van der Waals surface area contributed by atoms with Crippen molar-refractivity contribution >= 4 is 5.91 Å². The lowest BCUT2D eigenvalue weighted by molar-refractivity contribution is 0.0953. The Balaban J connectivity index is 1.77. The maximum absolute atomic E-state index is 11.9. The quantitative estimate of drug-likeness (QED) is 0.637. The second kappa shape index (κ2) is 6.40. The van der Waals surface area contributed by atoms with Crippen LogP contribution in [-0.2, 0) is 0 Å². The molecule has 1 atom stereocenters. The number of carbonyl (C=O) groups is 1. The standard InChI is InChI=1S/C13H18N2O4/c1-9(16)7-14-4-5-15-13(17)10-2-3-11-12(6-10)19-8-18-11/h2-3,6,9,14,16H,4-5,7-8H2,1H3,(H,15,17). The number of hydrogen-bond acceptors (Lipinski definition) is 5. The highest BCUT2D eigenvalue weighted by Gasteiger charge is 2.15. The minimum absolute atomic E-state index is 0.155. The summed E-state index contributed by atoms with van der Waals surface area (Å²) in [6.07, 6.45) is -0.385. The number of carbonyl (C=O) groups excluding carboxylic acids is 1. The van der Waals surface area contributed by atoms with E-state index in [-0.39, 0.29) is 18.8 Å². The fourth-order valence-corrected chi connectivity index (χ4v) is 1.72. The molecule has 0 saturated carbocycles. The maximum atomic E-state index is 11.9. The van der Waals surface area contributed by atoms with Crippen LogP contribution >= 0.6 is 0 Å². The van der Waals surface area contributed by atoms with E-state index in [4.69, 9.17) is 14.6 Å². The van der Waals surface area contributed by atoms with Crippen LogP contribution in [-0.4, -0.2) is 43.5 Å². The number of hydrogen-bond donors (Lipinski definition) is 3. The summed E-state index contributed by atoms with van der Waals surface area (Å²) in [4.78, 5) is 11.9. The molecule has 1 heterocycles. The first-order valence-electron chi connectivity index (χ1n) is 6.23. The van der Waals surface area contributed by atoms with Gasteiger partial charge in [-0.25, -0.2) is 0 Å². The molecule has 6 nitrogen and oxygen atoms in total. The molecule has 1 aromatic rings. The number of aliphatic hydroxyl groups is 1. The topological polar surface area (TPSA) is 79.8 Å². The number of amides is 1. The fourth-order valence-electron chi connectivity index (χ4n) is 1.72. The molecule has 19 heavy (non-hydrogen) atoms. The fraction of sp³-hybridized carbons (Fsp3) is 0.462. The lowest BCUT2D eigenvalue weighted by Crippen LogP contribution is -2.34. The number of aliphatic hydroxyl groups excluding tert-OH is 1. The Hall–Kier alpha value is -1.79. The van der Waals surface area contributed by atoms with E-state index in [1.165, 1.54) is 0 Å². The summed E-state index contributed by atoms with van der Waals surface area (Å²) in [7, 11) is 0. The van der Waals surface area contributed by atoms with Crippen molar-refractivity contribution in [2.75, 3.05) is 26.4 Å². The van der Waals surface area contributed by atoms with Crippen LogP contribution in [0.2, 0.25) is 0 Å². The lowest BCUT2D eigenvalue weighted by Gasteiger charge is -2.08. The van der Waals surface area contributed by atoms with Crippen molar-refractivity contribution < 1.29 is 19.4 Å². The van der Waals surface area contributed by atoms with E-state index in [2.05, 4.69) is 10.6 Å². The van der Waals surface area contributed by atoms with Gasteiger partial charge in [0.25, 0.3) is 5.91 Å². The summed E-state index contributed by atoms with van der Waals surface area (Å²) in [5, 5.41) is 14.9. The molecular formula is C13H18N2O4. The van der Waals surface area contributed by atoms with Gasteiger partial charge in [-0.15, -0.1) is 0 Å². The largest absolute Gasteiger partial charge is 0.454 e. The molecule has 1 aliphatic rings. The normalized spacial score (nSPS) is 14.2. The van der Waals surface area contributed by atoms with Gasteiger partial charge in [-0.3, -0.25) is 4.79 Å². The summed E-state index contributed by atoms with van der Waals surface area (Å²) < 4.78 is 10.4. The Morgan fingerprint density at radius 3 is 2.95 bits per heavy atom. The zero-order valence-corrected chi connectivity index (χ0v) is 10.8. The summed E-state index contributed by atoms with van der Waals surface area (Å²) in [6, 6.07) is 5.09. The second-order valence-corrected chi connectivity index (χ2v) is 4.38. The van der Waals surface area contributed by atoms with Crippen molar-refractivity contribution in [3.05, 3.63) is 23.8 Å². The van der Waals surface area contributed by atoms with Crippen LogP contribution in [0.1, 0.15) is 17.3 Å². The number of fused-ring (bicyclic) bond motifs is 1. The number of benzene rings is 1. The van der Waals surface area contributed by atoms with Gasteiger partial charge in [-0.05, 0) is 25.1 Å². The zero-order valence-electron chi connectivity index (χ0n) is 10.8. The summed E-state index contributed by atoms with van der Waals surface area (Å²) in [6.45, 7) is 3.53. The minimum atomic E-state index is -0.385. The molecule has 1 aliphatic heterocycles. The first-order chi connectivity index (χ1) is 9.16. The van der Waals surface area contributed by atoms with Crippen LogP contribution in [0.4, 0.5) is 0 Å². The molecule has 0 aliphatic carbocycles. The van der Waals surface area contributed by atoms with E-state index in [0.717, 1.165) is 0 Å². The van der Waals surface area contributed by atoms with Gasteiger partial charge in [0.15, 0.2) is 11.5 Å². The van der Waals surface area contributed by atoms with Crippen molar-refractivity contribution in [1.29, 1.82) is 0 Å². The predicted molar refractivity (Wildman–Crippen MR) is 69.4 cm³/mol. The van der Waals surface area contributed by atoms with Crippen molar-refractivity contribution in [2.24, 2.45) is 0 Å². The van der Waals surface area contributed by atoms with Crippen LogP contribution in [0.5, 0.6) is 11.5 Å². The highest BCUT2D eigenvalue weighted by molar-refractivity contribution is 5.94. The number of ether oxygens (including phenoxy) is 2. The highest BCUT2D eigenvalue weighted by Crippen LogP contribution is 2.32. The molecule has 0 aromatic heterocycles. The van der Waals surface area contributed by atoms with Gasteiger partial charge >= 0.3 is 0 Å². The average Bonchev–Trinajstić information content (AvgIpc) is 2.84. The third-order valence-corrected chi connectivity index (χ3v) is 2.66. The molecule has 0 saturated heterocycles. The summed E-state index contributed by atoms with van der Waals surface area (Å²) >= 11 is 0. The highest BCUT2D eigenvalue weighted by atomic mass is 16.7. The molecule has 1 amide bonds. The molecule has 1 unspecified atom stereocenters. The SMILES string of the molecule is CC(O)CNCCNC(=O)c1ccc2c(c1)OCO2. The van der Waals surface area contributed by atoms with E-state index in [1.54, 1.807) is 25.1 Å². The summed E-state index contributed by atoms with van der Waals surface area (Å²) in [5.74, 6) is 1.10. The molecule has 0 bridgehead atoms. The Kier molecular flexibility index (Phi) is 4.59. The summed E-state index contributed by atoms with van der Waals surface area (Å²) in [5.41, 5.74) is 0.541. The molecule has 1 aromatic carbocycles. The average molecular weight is 266 g/mol. The monoisotopic (exact) mass is 266 g/mol. The minimum Gasteiger partial charge on any atom is -0.454 e. The lowest BCUT2D eigenvalue weighted by atomic mass is 10.2. The van der Waals surface area contributed by atoms with Gasteiger partial charge in [0.1, 0.15) is 0 Å². The predicted octanol–water partition coefficient (Wildman–Crippen LogP) is 0.115. The molecular weight excluding hydrogens is 248 g/mol. The second-order valence-electron chi connectivity index (χ2n) is 4.38. The van der Waals surface area contributed by atoms with Crippen LogP contribution in [0, 0.1) is 0 Å². The van der Waals surface area contributed by atoms with Crippen LogP contribution in [0.25, 0.3) is 0 Å². The van der Waals surface area contributed by atoms with Gasteiger partial charge in [-0.2, -0.15) is 0 Å². The van der Waals surface area contributed by atoms with Crippen LogP contribution in [0.3, 0.4) is 0 Å². The number of rotatable bonds is 6. The van der Waals surface area contributed by atoms with Gasteiger partial charge in [0.05, 0.1) is 6.10 Å². The first kappa shape index (κ1) is 13.6. The Labute approximate surface area is 111 Å². The van der Waals surface area contributed by atoms with Gasteiger partial charge in [-0.1, -0.05) is 0 Å². The van der Waals surface area contributed by atoms with Crippen molar-refractivity contribution in [2.45, 2.75) is 13.0 Å². The first-order valence-corrected chi connectivity index (χ1v) is 6.23. The maximum Gasteiger partial charge on any atom is 0.251 e. The zero-order chi connectivity index (χ0) is 13.7. The van der Waals surface area contributed by atoms with Crippen molar-refractivity contribution in [3.63, 3.8) is 0 Å². The van der Waals surface area contributed by atoms with E-state index in [0.29, 0.717) is 36.7 Å². The molecule has 3 N–H and O–H groups in total. The Morgan fingerprint density at radius 2 is 2.16 bits per heavy atom. The number of nitrogens with one attached hydrogen (secondary N) is 2. The van der Waals surface area contributed by atoms with Crippen molar-refractivity contribution in [1.82, 2.24) is 10.6 Å². The molecule has 0 spiro atoms. The van der Waals surface area contributed by atoms with Gasteiger partial charge in [0.2, 0.25) is 6.79 Å². The van der Waals surface area contributed by atoms with E-state index < -0.39 is 0 Å². The smallest absolute Gasteiger partial charge is 0.251 e. The van der Waals surface area contributed by atoms with E-state index in [9.17, 15) is 4.79 Å². The van der Waals surface area contributed by atoms with Gasteiger partial charge < -0.3 is 25.2 Å². The van der Waals surface area contributed by atoms with E-state index >= 15 is 0 Å². The van der Waals surface area contributed by atoms with Gasteiger partial charge in [0, 0.05) is 25.2 Å². The van der Waals surface area contributed by atoms with E-state index in [1.807, 2.05) is 0 Å². The third kappa shape index (κ3) is 3.84. The molecule has 6 heteroatoms. The Morgan fingerprint density at radius 1 is 1.37 bits per heavy atom. The molecule has 0 radical (unpaired) electrons. The Bertz CT molecular complexity index is 448. The molecule has 2 rings (SSSR count). The van der Waals surface area contributed by atoms with Crippen molar-refractivity contribution in [3.8, 4) is 11.5 Å². The molecule has 104 valence electrons. The van der Waals surface area contributed by atoms with Crippen LogP contribution < -0.4 is 20.1 Å². The van der Waals surface area contributed by atoms with Crippen LogP contribution in [0.15, 0.2) is 18.2 Å². The third-order valence-electron chi connectivity index (χ3n) is 2.66. The molecule has 0 fully saturated rings.